The second-order valence-electron chi connectivity index (χ2n) is 6.25. The van der Waals surface area contributed by atoms with Crippen molar-refractivity contribution in [2.45, 2.75) is 40.0 Å². The molecule has 0 aliphatic carbocycles. The number of aliphatic carboxylic acids is 1. The van der Waals surface area contributed by atoms with E-state index in [1.54, 1.807) is 4.90 Å². The van der Waals surface area contributed by atoms with E-state index < -0.39 is 11.4 Å². The lowest BCUT2D eigenvalue weighted by Crippen LogP contribution is -2.42. The van der Waals surface area contributed by atoms with Crippen molar-refractivity contribution >= 4 is 17.8 Å². The minimum absolute atomic E-state index is 0.0250. The Morgan fingerprint density at radius 1 is 1.20 bits per heavy atom. The minimum Gasteiger partial charge on any atom is -0.481 e. The number of hydrogen-bond acceptors (Lipinski definition) is 3. The van der Waals surface area contributed by atoms with E-state index >= 15 is 0 Å². The molecule has 1 rings (SSSR count). The smallest absolute Gasteiger partial charge is 0.306 e. The van der Waals surface area contributed by atoms with Crippen LogP contribution in [-0.4, -0.2) is 47.4 Å². The Balaban J connectivity index is 2.28. The number of nitrogens with one attached hydrogen (secondary N) is 1. The number of carboxylic acid groups (broad SMARTS) is 1. The largest absolute Gasteiger partial charge is 0.481 e. The molecule has 1 heterocycles. The molecule has 0 aromatic heterocycles. The quantitative estimate of drug-likeness (QED) is 0.801. The fourth-order valence-corrected chi connectivity index (χ4v) is 2.08. The Morgan fingerprint density at radius 3 is 2.20 bits per heavy atom. The summed E-state index contributed by atoms with van der Waals surface area (Å²) in [5.41, 5.74) is -0.455. The Labute approximate surface area is 119 Å². The highest BCUT2D eigenvalue weighted by molar-refractivity contribution is 5.82. The third kappa shape index (κ3) is 4.83. The van der Waals surface area contributed by atoms with Gasteiger partial charge in [0.25, 0.3) is 0 Å². The van der Waals surface area contributed by atoms with Crippen molar-refractivity contribution in [3.63, 3.8) is 0 Å². The number of amides is 2. The van der Waals surface area contributed by atoms with Gasteiger partial charge in [-0.2, -0.15) is 0 Å². The number of hydrogen-bond donors (Lipinski definition) is 2. The number of carbonyl (C=O) groups is 3. The van der Waals surface area contributed by atoms with Gasteiger partial charge in [0.2, 0.25) is 11.8 Å². The molecular weight excluding hydrogens is 260 g/mol. The first-order chi connectivity index (χ1) is 9.21. The van der Waals surface area contributed by atoms with Crippen molar-refractivity contribution in [2.75, 3.05) is 19.6 Å². The molecule has 0 aromatic rings. The average Bonchev–Trinajstić information content (AvgIpc) is 2.37. The molecule has 0 bridgehead atoms. The SMILES string of the molecule is CC(C)(C)C(=O)NCCC(=O)N1CCC(C(=O)O)CC1. The topological polar surface area (TPSA) is 86.7 Å². The predicted octanol–water partition coefficient (Wildman–Crippen LogP) is 0.862. The zero-order valence-electron chi connectivity index (χ0n) is 12.4. The van der Waals surface area contributed by atoms with Crippen LogP contribution < -0.4 is 5.32 Å². The molecule has 1 fully saturated rings. The summed E-state index contributed by atoms with van der Waals surface area (Å²) < 4.78 is 0. The first kappa shape index (κ1) is 16.5. The molecule has 0 saturated carbocycles. The Morgan fingerprint density at radius 2 is 1.75 bits per heavy atom. The molecule has 114 valence electrons. The van der Waals surface area contributed by atoms with Crippen molar-refractivity contribution in [3.8, 4) is 0 Å². The summed E-state index contributed by atoms with van der Waals surface area (Å²) in [4.78, 5) is 36.1. The van der Waals surface area contributed by atoms with Crippen LogP contribution in [0.15, 0.2) is 0 Å². The summed E-state index contributed by atoms with van der Waals surface area (Å²) in [6.07, 6.45) is 1.28. The molecule has 0 aromatic carbocycles. The molecule has 1 aliphatic heterocycles. The third-order valence-electron chi connectivity index (χ3n) is 3.50. The first-order valence-corrected chi connectivity index (χ1v) is 7.00. The van der Waals surface area contributed by atoms with Crippen molar-refractivity contribution < 1.29 is 19.5 Å². The molecule has 6 nitrogen and oxygen atoms in total. The van der Waals surface area contributed by atoms with E-state index in [1.165, 1.54) is 0 Å². The number of rotatable bonds is 4. The summed E-state index contributed by atoms with van der Waals surface area (Å²) in [5.74, 6) is -1.22. The Bertz CT molecular complexity index is 379. The second kappa shape index (κ2) is 6.72. The fourth-order valence-electron chi connectivity index (χ4n) is 2.08. The van der Waals surface area contributed by atoms with Crippen LogP contribution in [0.4, 0.5) is 0 Å². The van der Waals surface area contributed by atoms with Gasteiger partial charge < -0.3 is 15.3 Å². The van der Waals surface area contributed by atoms with Gasteiger partial charge in [-0.1, -0.05) is 20.8 Å². The van der Waals surface area contributed by atoms with Crippen LogP contribution in [0.1, 0.15) is 40.0 Å². The van der Waals surface area contributed by atoms with Crippen molar-refractivity contribution in [2.24, 2.45) is 11.3 Å². The minimum atomic E-state index is -0.783. The molecule has 2 amide bonds. The number of likely N-dealkylation sites (tertiary alicyclic amines) is 1. The summed E-state index contributed by atoms with van der Waals surface area (Å²) >= 11 is 0. The van der Waals surface area contributed by atoms with E-state index in [9.17, 15) is 14.4 Å². The predicted molar refractivity (Wildman–Crippen MR) is 74.0 cm³/mol. The molecule has 0 spiro atoms. The molecule has 0 atom stereocenters. The number of carbonyl (C=O) groups excluding carboxylic acids is 2. The molecule has 1 aliphatic rings. The number of nitrogens with zero attached hydrogens (tertiary/aromatic N) is 1. The van der Waals surface area contributed by atoms with Crippen LogP contribution in [0.25, 0.3) is 0 Å². The highest BCUT2D eigenvalue weighted by Gasteiger charge is 2.27. The first-order valence-electron chi connectivity index (χ1n) is 7.00. The van der Waals surface area contributed by atoms with Crippen LogP contribution in [0.5, 0.6) is 0 Å². The molecule has 0 unspecified atom stereocenters. The number of piperidine rings is 1. The van der Waals surface area contributed by atoms with Gasteiger partial charge in [-0.25, -0.2) is 0 Å². The van der Waals surface area contributed by atoms with Crippen LogP contribution >= 0.6 is 0 Å². The third-order valence-corrected chi connectivity index (χ3v) is 3.50. The molecule has 0 radical (unpaired) electrons. The zero-order valence-corrected chi connectivity index (χ0v) is 12.4. The van der Waals surface area contributed by atoms with E-state index in [-0.39, 0.29) is 24.2 Å². The monoisotopic (exact) mass is 284 g/mol. The van der Waals surface area contributed by atoms with Gasteiger partial charge in [0.1, 0.15) is 0 Å². The van der Waals surface area contributed by atoms with Crippen LogP contribution in [-0.2, 0) is 14.4 Å². The molecular formula is C14H24N2O4. The van der Waals surface area contributed by atoms with E-state index in [4.69, 9.17) is 5.11 Å². The average molecular weight is 284 g/mol. The van der Waals surface area contributed by atoms with Crippen molar-refractivity contribution in [3.05, 3.63) is 0 Å². The van der Waals surface area contributed by atoms with Gasteiger partial charge in [0.15, 0.2) is 0 Å². The van der Waals surface area contributed by atoms with E-state index in [0.29, 0.717) is 32.5 Å². The van der Waals surface area contributed by atoms with Crippen LogP contribution in [0.3, 0.4) is 0 Å². The Kier molecular flexibility index (Phi) is 5.53. The lowest BCUT2D eigenvalue weighted by molar-refractivity contribution is -0.145. The lowest BCUT2D eigenvalue weighted by Gasteiger charge is -2.30. The molecule has 6 heteroatoms. The zero-order chi connectivity index (χ0) is 15.3. The summed E-state index contributed by atoms with van der Waals surface area (Å²) in [5, 5.41) is 11.6. The van der Waals surface area contributed by atoms with E-state index in [1.807, 2.05) is 20.8 Å². The number of carboxylic acids is 1. The summed E-state index contributed by atoms with van der Waals surface area (Å²) in [6.45, 7) is 6.77. The molecule has 2 N–H and O–H groups in total. The summed E-state index contributed by atoms with van der Waals surface area (Å²) in [7, 11) is 0. The normalized spacial score (nSPS) is 16.9. The van der Waals surface area contributed by atoms with Crippen LogP contribution in [0.2, 0.25) is 0 Å². The van der Waals surface area contributed by atoms with Crippen molar-refractivity contribution in [1.82, 2.24) is 10.2 Å². The van der Waals surface area contributed by atoms with Gasteiger partial charge in [-0.3, -0.25) is 14.4 Å². The Hall–Kier alpha value is -1.59. The van der Waals surface area contributed by atoms with Crippen LogP contribution in [0, 0.1) is 11.3 Å². The van der Waals surface area contributed by atoms with Gasteiger partial charge in [-0.05, 0) is 12.8 Å². The van der Waals surface area contributed by atoms with Gasteiger partial charge in [-0.15, -0.1) is 0 Å². The highest BCUT2D eigenvalue weighted by Crippen LogP contribution is 2.18. The standard InChI is InChI=1S/C14H24N2O4/c1-14(2,3)13(20)15-7-4-11(17)16-8-5-10(6-9-16)12(18)19/h10H,4-9H2,1-3H3,(H,15,20)(H,18,19). The maximum absolute atomic E-state index is 11.9. The van der Waals surface area contributed by atoms with Gasteiger partial charge in [0.05, 0.1) is 5.92 Å². The summed E-state index contributed by atoms with van der Waals surface area (Å²) in [6, 6.07) is 0. The van der Waals surface area contributed by atoms with E-state index in [2.05, 4.69) is 5.32 Å². The molecule has 1 saturated heterocycles. The highest BCUT2D eigenvalue weighted by atomic mass is 16.4. The maximum atomic E-state index is 11.9. The fraction of sp³-hybridized carbons (Fsp3) is 0.786. The van der Waals surface area contributed by atoms with Gasteiger partial charge >= 0.3 is 5.97 Å². The van der Waals surface area contributed by atoms with Gasteiger partial charge in [0, 0.05) is 31.5 Å². The molecule has 20 heavy (non-hydrogen) atoms. The van der Waals surface area contributed by atoms with Crippen molar-refractivity contribution in [1.29, 1.82) is 0 Å². The van der Waals surface area contributed by atoms with E-state index in [0.717, 1.165) is 0 Å². The maximum Gasteiger partial charge on any atom is 0.306 e. The lowest BCUT2D eigenvalue weighted by atomic mass is 9.95. The second-order valence-corrected chi connectivity index (χ2v) is 6.25.